The lowest BCUT2D eigenvalue weighted by Gasteiger charge is -2.25. The van der Waals surface area contributed by atoms with Gasteiger partial charge in [-0.25, -0.2) is 0 Å². The molecule has 3 atom stereocenters. The van der Waals surface area contributed by atoms with Crippen LogP contribution in [0, 0.1) is 11.8 Å². The van der Waals surface area contributed by atoms with Crippen molar-refractivity contribution in [2.24, 2.45) is 17.6 Å². The molecule has 3 N–H and O–H groups in total. The van der Waals surface area contributed by atoms with Crippen molar-refractivity contribution in [1.29, 1.82) is 0 Å². The predicted molar refractivity (Wildman–Crippen MR) is 105 cm³/mol. The molecular formula is C23H33NO2. The minimum absolute atomic E-state index is 0.107. The van der Waals surface area contributed by atoms with Gasteiger partial charge in [0.15, 0.2) is 0 Å². The number of nitrogens with two attached hydrogens (primary N) is 1. The number of ether oxygens (including phenoxy) is 1. The number of rotatable bonds is 4. The molecule has 26 heavy (non-hydrogen) atoms. The molecule has 1 saturated carbocycles. The molecule has 1 aromatic carbocycles. The van der Waals surface area contributed by atoms with E-state index in [0.717, 1.165) is 38.4 Å². The first-order valence-electron chi connectivity index (χ1n) is 10.4. The predicted octanol–water partition coefficient (Wildman–Crippen LogP) is 3.73. The Morgan fingerprint density at radius 1 is 1.08 bits per heavy atom. The van der Waals surface area contributed by atoms with Crippen molar-refractivity contribution >= 4 is 0 Å². The van der Waals surface area contributed by atoms with E-state index in [1.807, 2.05) is 0 Å². The Morgan fingerprint density at radius 3 is 2.65 bits per heavy atom. The Bertz CT molecular complexity index is 650. The third-order valence-electron chi connectivity index (χ3n) is 6.85. The van der Waals surface area contributed by atoms with Crippen molar-refractivity contribution in [2.45, 2.75) is 62.8 Å². The van der Waals surface area contributed by atoms with Crippen LogP contribution in [0.15, 0.2) is 30.4 Å². The zero-order valence-electron chi connectivity index (χ0n) is 15.8. The van der Waals surface area contributed by atoms with Crippen molar-refractivity contribution in [3.8, 4) is 0 Å². The van der Waals surface area contributed by atoms with Crippen LogP contribution < -0.4 is 5.73 Å². The van der Waals surface area contributed by atoms with E-state index in [2.05, 4.69) is 30.4 Å². The van der Waals surface area contributed by atoms with Crippen LogP contribution in [0.4, 0.5) is 0 Å². The van der Waals surface area contributed by atoms with Gasteiger partial charge in [0.25, 0.3) is 0 Å². The molecule has 0 radical (unpaired) electrons. The standard InChI is InChI=1S/C23H33NO2/c24-23(16-25)10-7-22(15-23)21-6-5-19-13-18(3-4-20(19)14-21)2-1-17-8-11-26-12-9-17/h1-2,5-6,14,17-18,22,25H,3-4,7-13,15-16,24H2/b2-1+/t18-,22+,23-/m1/s1. The summed E-state index contributed by atoms with van der Waals surface area (Å²) in [6.45, 7) is 1.95. The van der Waals surface area contributed by atoms with Crippen LogP contribution >= 0.6 is 0 Å². The van der Waals surface area contributed by atoms with E-state index in [4.69, 9.17) is 10.5 Å². The fourth-order valence-corrected chi connectivity index (χ4v) is 5.03. The van der Waals surface area contributed by atoms with Gasteiger partial charge in [-0.15, -0.1) is 0 Å². The van der Waals surface area contributed by atoms with Gasteiger partial charge in [0.1, 0.15) is 0 Å². The molecule has 0 aromatic heterocycles. The highest BCUT2D eigenvalue weighted by atomic mass is 16.5. The van der Waals surface area contributed by atoms with E-state index in [9.17, 15) is 5.11 Å². The van der Waals surface area contributed by atoms with Crippen molar-refractivity contribution in [3.63, 3.8) is 0 Å². The van der Waals surface area contributed by atoms with Crippen LogP contribution in [0.5, 0.6) is 0 Å². The van der Waals surface area contributed by atoms with Gasteiger partial charge < -0.3 is 15.6 Å². The van der Waals surface area contributed by atoms with Crippen LogP contribution in [0.25, 0.3) is 0 Å². The number of fused-ring (bicyclic) bond motifs is 1. The van der Waals surface area contributed by atoms with Gasteiger partial charge in [-0.3, -0.25) is 0 Å². The van der Waals surface area contributed by atoms with Crippen LogP contribution in [0.2, 0.25) is 0 Å². The van der Waals surface area contributed by atoms with Gasteiger partial charge in [-0.1, -0.05) is 30.4 Å². The first-order chi connectivity index (χ1) is 12.6. The third-order valence-corrected chi connectivity index (χ3v) is 6.85. The lowest BCUT2D eigenvalue weighted by atomic mass is 9.81. The fourth-order valence-electron chi connectivity index (χ4n) is 5.03. The Balaban J connectivity index is 1.39. The maximum Gasteiger partial charge on any atom is 0.0611 e. The Kier molecular flexibility index (Phi) is 5.49. The summed E-state index contributed by atoms with van der Waals surface area (Å²) in [5.41, 5.74) is 10.4. The molecular weight excluding hydrogens is 322 g/mol. The first-order valence-corrected chi connectivity index (χ1v) is 10.4. The number of allylic oxidation sites excluding steroid dienone is 2. The van der Waals surface area contributed by atoms with Crippen molar-refractivity contribution in [1.82, 2.24) is 0 Å². The van der Waals surface area contributed by atoms with E-state index in [1.165, 1.54) is 48.8 Å². The summed E-state index contributed by atoms with van der Waals surface area (Å²) in [5.74, 6) is 1.93. The monoisotopic (exact) mass is 355 g/mol. The second-order valence-electron chi connectivity index (χ2n) is 8.83. The zero-order valence-corrected chi connectivity index (χ0v) is 15.8. The molecule has 1 aliphatic heterocycles. The first kappa shape index (κ1) is 18.2. The normalized spacial score (nSPS) is 32.8. The molecule has 2 aliphatic carbocycles. The van der Waals surface area contributed by atoms with Gasteiger partial charge in [0, 0.05) is 18.8 Å². The molecule has 0 unspecified atom stereocenters. The van der Waals surface area contributed by atoms with Gasteiger partial charge >= 0.3 is 0 Å². The average Bonchev–Trinajstić information content (AvgIpc) is 3.09. The largest absolute Gasteiger partial charge is 0.394 e. The molecule has 1 heterocycles. The van der Waals surface area contributed by atoms with Crippen LogP contribution in [0.1, 0.15) is 61.1 Å². The van der Waals surface area contributed by atoms with E-state index in [0.29, 0.717) is 11.8 Å². The highest BCUT2D eigenvalue weighted by molar-refractivity contribution is 5.37. The third kappa shape index (κ3) is 4.05. The summed E-state index contributed by atoms with van der Waals surface area (Å²) in [6.07, 6.45) is 13.9. The molecule has 2 fully saturated rings. The fraction of sp³-hybridized carbons (Fsp3) is 0.652. The lowest BCUT2D eigenvalue weighted by Crippen LogP contribution is -2.40. The summed E-state index contributed by atoms with van der Waals surface area (Å²) < 4.78 is 5.46. The molecule has 1 aromatic rings. The second kappa shape index (κ2) is 7.84. The molecule has 4 rings (SSSR count). The van der Waals surface area contributed by atoms with E-state index < -0.39 is 0 Å². The molecule has 0 bridgehead atoms. The quantitative estimate of drug-likeness (QED) is 0.809. The molecule has 0 amide bonds. The van der Waals surface area contributed by atoms with E-state index >= 15 is 0 Å². The zero-order chi connectivity index (χ0) is 18.0. The summed E-state index contributed by atoms with van der Waals surface area (Å²) in [7, 11) is 0. The topological polar surface area (TPSA) is 55.5 Å². The van der Waals surface area contributed by atoms with Crippen molar-refractivity contribution < 1.29 is 9.84 Å². The van der Waals surface area contributed by atoms with Gasteiger partial charge in [-0.2, -0.15) is 0 Å². The number of hydrogen-bond acceptors (Lipinski definition) is 3. The number of hydrogen-bond donors (Lipinski definition) is 2. The summed E-state index contributed by atoms with van der Waals surface area (Å²) in [4.78, 5) is 0. The molecule has 3 aliphatic rings. The Morgan fingerprint density at radius 2 is 1.88 bits per heavy atom. The van der Waals surface area contributed by atoms with Crippen molar-refractivity contribution in [3.05, 3.63) is 47.0 Å². The molecule has 142 valence electrons. The molecule has 0 spiro atoms. The maximum absolute atomic E-state index is 9.52. The summed E-state index contributed by atoms with van der Waals surface area (Å²) in [6, 6.07) is 7.10. The molecule has 1 saturated heterocycles. The minimum atomic E-state index is -0.360. The summed E-state index contributed by atoms with van der Waals surface area (Å²) >= 11 is 0. The smallest absolute Gasteiger partial charge is 0.0611 e. The van der Waals surface area contributed by atoms with Crippen LogP contribution in [0.3, 0.4) is 0 Å². The SMILES string of the molecule is N[C@]1(CO)CC[C@H](c2ccc3c(c2)CC[C@@H](/C=C/C2CCOCC2)C3)C1. The minimum Gasteiger partial charge on any atom is -0.394 e. The van der Waals surface area contributed by atoms with Crippen molar-refractivity contribution in [2.75, 3.05) is 19.8 Å². The number of benzene rings is 1. The number of aliphatic hydroxyl groups is 1. The number of aliphatic hydroxyl groups excluding tert-OH is 1. The average molecular weight is 356 g/mol. The lowest BCUT2D eigenvalue weighted by molar-refractivity contribution is 0.0784. The van der Waals surface area contributed by atoms with Gasteiger partial charge in [0.05, 0.1) is 6.61 Å². The van der Waals surface area contributed by atoms with Crippen LogP contribution in [-0.4, -0.2) is 30.5 Å². The Labute approximate surface area is 157 Å². The maximum atomic E-state index is 9.52. The van der Waals surface area contributed by atoms with Crippen LogP contribution in [-0.2, 0) is 17.6 Å². The number of aryl methyl sites for hydroxylation is 1. The van der Waals surface area contributed by atoms with E-state index in [-0.39, 0.29) is 12.1 Å². The second-order valence-corrected chi connectivity index (χ2v) is 8.83. The Hall–Kier alpha value is -1.16. The summed E-state index contributed by atoms with van der Waals surface area (Å²) in [5, 5.41) is 9.52. The molecule has 3 heteroatoms. The van der Waals surface area contributed by atoms with Gasteiger partial charge in [-0.05, 0) is 85.8 Å². The van der Waals surface area contributed by atoms with Gasteiger partial charge in [0.2, 0.25) is 0 Å². The highest BCUT2D eigenvalue weighted by Gasteiger charge is 2.36. The van der Waals surface area contributed by atoms with E-state index in [1.54, 1.807) is 0 Å². The molecule has 3 nitrogen and oxygen atoms in total. The highest BCUT2D eigenvalue weighted by Crippen LogP contribution is 2.40.